The van der Waals surface area contributed by atoms with Crippen LogP contribution >= 0.6 is 0 Å². The maximum atomic E-state index is 13.8. The summed E-state index contributed by atoms with van der Waals surface area (Å²) in [6.07, 6.45) is 1.08. The highest BCUT2D eigenvalue weighted by Crippen LogP contribution is 2.32. The number of hydrogen-bond acceptors (Lipinski definition) is 2. The maximum absolute atomic E-state index is 13.8. The van der Waals surface area contributed by atoms with Crippen molar-refractivity contribution in [1.82, 2.24) is 5.32 Å². The lowest BCUT2D eigenvalue weighted by atomic mass is 9.82. The second-order valence-electron chi connectivity index (χ2n) is 4.70. The smallest absolute Gasteiger partial charge is 0.165 e. The van der Waals surface area contributed by atoms with Crippen LogP contribution in [0.5, 0.6) is 5.75 Å². The van der Waals surface area contributed by atoms with Crippen LogP contribution in [0.25, 0.3) is 0 Å². The number of benzene rings is 1. The van der Waals surface area contributed by atoms with Crippen molar-refractivity contribution in [3.63, 3.8) is 0 Å². The second-order valence-corrected chi connectivity index (χ2v) is 4.70. The van der Waals surface area contributed by atoms with E-state index in [1.54, 1.807) is 12.1 Å². The van der Waals surface area contributed by atoms with Gasteiger partial charge in [-0.2, -0.15) is 0 Å². The maximum Gasteiger partial charge on any atom is 0.165 e. The molecule has 0 amide bonds. The molecule has 1 heterocycles. The predicted molar refractivity (Wildman–Crippen MR) is 67.0 cm³/mol. The summed E-state index contributed by atoms with van der Waals surface area (Å²) in [5, 5.41) is 3.36. The Hall–Kier alpha value is -1.09. The van der Waals surface area contributed by atoms with Crippen molar-refractivity contribution in [2.75, 3.05) is 19.7 Å². The summed E-state index contributed by atoms with van der Waals surface area (Å²) in [5.41, 5.74) is 1.10. The van der Waals surface area contributed by atoms with Gasteiger partial charge < -0.3 is 10.1 Å². The Labute approximate surface area is 102 Å². The van der Waals surface area contributed by atoms with E-state index in [1.807, 2.05) is 13.0 Å². The van der Waals surface area contributed by atoms with Gasteiger partial charge in [0.25, 0.3) is 0 Å². The molecule has 1 aliphatic heterocycles. The topological polar surface area (TPSA) is 21.3 Å². The molecule has 0 spiro atoms. The van der Waals surface area contributed by atoms with Gasteiger partial charge in [0, 0.05) is 0 Å². The number of hydrogen-bond donors (Lipinski definition) is 1. The van der Waals surface area contributed by atoms with Crippen LogP contribution < -0.4 is 10.1 Å². The van der Waals surface area contributed by atoms with Crippen molar-refractivity contribution < 1.29 is 9.13 Å². The average molecular weight is 237 g/mol. The van der Waals surface area contributed by atoms with E-state index in [0.29, 0.717) is 24.2 Å². The zero-order valence-corrected chi connectivity index (χ0v) is 10.5. The molecule has 2 atom stereocenters. The molecule has 2 rings (SSSR count). The van der Waals surface area contributed by atoms with Gasteiger partial charge in [0.2, 0.25) is 0 Å². The number of nitrogens with one attached hydrogen (secondary N) is 1. The van der Waals surface area contributed by atoms with Gasteiger partial charge in [0.15, 0.2) is 11.6 Å². The highest BCUT2D eigenvalue weighted by atomic mass is 19.1. The van der Waals surface area contributed by atoms with E-state index in [0.717, 1.165) is 25.1 Å². The predicted octanol–water partition coefficient (Wildman–Crippen LogP) is 2.94. The molecule has 0 saturated carbocycles. The molecule has 17 heavy (non-hydrogen) atoms. The van der Waals surface area contributed by atoms with Gasteiger partial charge in [-0.3, -0.25) is 0 Å². The molecule has 0 bridgehead atoms. The van der Waals surface area contributed by atoms with Crippen molar-refractivity contribution in [3.8, 4) is 5.75 Å². The Balaban J connectivity index is 2.18. The third kappa shape index (κ3) is 2.78. The van der Waals surface area contributed by atoms with Gasteiger partial charge in [-0.25, -0.2) is 4.39 Å². The largest absolute Gasteiger partial charge is 0.491 e. The first-order valence-electron chi connectivity index (χ1n) is 6.35. The Morgan fingerprint density at radius 3 is 2.94 bits per heavy atom. The van der Waals surface area contributed by atoms with Crippen LogP contribution in [-0.2, 0) is 0 Å². The molecule has 0 radical (unpaired) electrons. The summed E-state index contributed by atoms with van der Waals surface area (Å²) >= 11 is 0. The molecule has 1 fully saturated rings. The lowest BCUT2D eigenvalue weighted by Gasteiger charge is -2.30. The van der Waals surface area contributed by atoms with Crippen LogP contribution in [0.2, 0.25) is 0 Å². The van der Waals surface area contributed by atoms with E-state index < -0.39 is 0 Å². The Bertz CT molecular complexity index is 380. The monoisotopic (exact) mass is 237 g/mol. The molecular weight excluding hydrogens is 217 g/mol. The number of ether oxygens (including phenoxy) is 1. The van der Waals surface area contributed by atoms with E-state index >= 15 is 0 Å². The standard InChI is InChI=1S/C14H20FNO/c1-3-17-14-5-4-11(8-13(14)15)12-6-7-16-9-10(12)2/h4-5,8,10,12,16H,3,6-7,9H2,1-2H3/t10-,12+/m1/s1. The summed E-state index contributed by atoms with van der Waals surface area (Å²) in [6.45, 7) is 6.61. The molecular formula is C14H20FNO. The zero-order chi connectivity index (χ0) is 12.3. The first-order valence-corrected chi connectivity index (χ1v) is 6.35. The molecule has 0 aliphatic carbocycles. The number of piperidine rings is 1. The van der Waals surface area contributed by atoms with E-state index in [1.165, 1.54) is 0 Å². The van der Waals surface area contributed by atoms with E-state index in [9.17, 15) is 4.39 Å². The summed E-state index contributed by atoms with van der Waals surface area (Å²) in [5.74, 6) is 1.13. The van der Waals surface area contributed by atoms with Crippen LogP contribution in [0.4, 0.5) is 4.39 Å². The Kier molecular flexibility index (Phi) is 4.00. The van der Waals surface area contributed by atoms with Crippen molar-refractivity contribution in [2.45, 2.75) is 26.2 Å². The van der Waals surface area contributed by atoms with Crippen LogP contribution in [-0.4, -0.2) is 19.7 Å². The van der Waals surface area contributed by atoms with Crippen LogP contribution in [0.3, 0.4) is 0 Å². The Morgan fingerprint density at radius 2 is 2.29 bits per heavy atom. The molecule has 1 aliphatic rings. The van der Waals surface area contributed by atoms with Crippen LogP contribution in [0, 0.1) is 11.7 Å². The van der Waals surface area contributed by atoms with Gasteiger partial charge >= 0.3 is 0 Å². The second kappa shape index (κ2) is 5.50. The summed E-state index contributed by atoms with van der Waals surface area (Å²) in [7, 11) is 0. The highest BCUT2D eigenvalue weighted by Gasteiger charge is 2.23. The van der Waals surface area contributed by atoms with Gasteiger partial charge in [-0.1, -0.05) is 13.0 Å². The fourth-order valence-corrected chi connectivity index (χ4v) is 2.53. The lowest BCUT2D eigenvalue weighted by Crippen LogP contribution is -2.33. The lowest BCUT2D eigenvalue weighted by molar-refractivity contribution is 0.319. The van der Waals surface area contributed by atoms with Gasteiger partial charge in [-0.15, -0.1) is 0 Å². The first-order chi connectivity index (χ1) is 8.22. The molecule has 1 aromatic rings. The third-order valence-electron chi connectivity index (χ3n) is 3.47. The van der Waals surface area contributed by atoms with Crippen molar-refractivity contribution in [2.24, 2.45) is 5.92 Å². The molecule has 0 unspecified atom stereocenters. The fraction of sp³-hybridized carbons (Fsp3) is 0.571. The summed E-state index contributed by atoms with van der Waals surface area (Å²) < 4.78 is 19.0. The number of rotatable bonds is 3. The minimum absolute atomic E-state index is 0.241. The summed E-state index contributed by atoms with van der Waals surface area (Å²) in [4.78, 5) is 0. The third-order valence-corrected chi connectivity index (χ3v) is 3.47. The van der Waals surface area contributed by atoms with Crippen molar-refractivity contribution in [1.29, 1.82) is 0 Å². The minimum atomic E-state index is -0.241. The molecule has 1 aromatic carbocycles. The number of halogens is 1. The summed E-state index contributed by atoms with van der Waals surface area (Å²) in [6, 6.07) is 5.39. The minimum Gasteiger partial charge on any atom is -0.491 e. The van der Waals surface area contributed by atoms with E-state index in [2.05, 4.69) is 12.2 Å². The first kappa shape index (κ1) is 12.4. The highest BCUT2D eigenvalue weighted by molar-refractivity contribution is 5.32. The Morgan fingerprint density at radius 1 is 1.47 bits per heavy atom. The molecule has 3 heteroatoms. The van der Waals surface area contributed by atoms with Crippen LogP contribution in [0.15, 0.2) is 18.2 Å². The normalized spacial score (nSPS) is 24.6. The molecule has 94 valence electrons. The average Bonchev–Trinajstić information content (AvgIpc) is 2.33. The zero-order valence-electron chi connectivity index (χ0n) is 10.5. The van der Waals surface area contributed by atoms with Crippen molar-refractivity contribution >= 4 is 0 Å². The van der Waals surface area contributed by atoms with E-state index in [4.69, 9.17) is 4.74 Å². The molecule has 2 nitrogen and oxygen atoms in total. The fourth-order valence-electron chi connectivity index (χ4n) is 2.53. The SMILES string of the molecule is CCOc1ccc([C@H]2CCNC[C@H]2C)cc1F. The van der Waals surface area contributed by atoms with Crippen LogP contribution in [0.1, 0.15) is 31.7 Å². The van der Waals surface area contributed by atoms with Gasteiger partial charge in [0.05, 0.1) is 6.61 Å². The van der Waals surface area contributed by atoms with Gasteiger partial charge in [-0.05, 0) is 56.0 Å². The molecule has 0 aromatic heterocycles. The van der Waals surface area contributed by atoms with Crippen molar-refractivity contribution in [3.05, 3.63) is 29.6 Å². The molecule has 1 N–H and O–H groups in total. The molecule has 1 saturated heterocycles. The van der Waals surface area contributed by atoms with E-state index in [-0.39, 0.29) is 5.82 Å². The quantitative estimate of drug-likeness (QED) is 0.872. The van der Waals surface area contributed by atoms with Gasteiger partial charge in [0.1, 0.15) is 0 Å².